The van der Waals surface area contributed by atoms with Crippen molar-refractivity contribution in [2.75, 3.05) is 6.61 Å². The summed E-state index contributed by atoms with van der Waals surface area (Å²) in [7, 11) is -10.9. The molecule has 4 N–H and O–H groups in total. The first-order valence-electron chi connectivity index (χ1n) is 6.83. The summed E-state index contributed by atoms with van der Waals surface area (Å²) in [5.74, 6) is -1.41. The van der Waals surface area contributed by atoms with Crippen molar-refractivity contribution in [3.63, 3.8) is 0 Å². The van der Waals surface area contributed by atoms with E-state index < -0.39 is 58.2 Å². The van der Waals surface area contributed by atoms with Gasteiger partial charge >= 0.3 is 21.3 Å². The second-order valence-corrected chi connectivity index (χ2v) is 8.06. The minimum absolute atomic E-state index is 0.323. The van der Waals surface area contributed by atoms with E-state index in [0.29, 0.717) is 4.57 Å². The van der Waals surface area contributed by atoms with Gasteiger partial charge in [0.1, 0.15) is 18.4 Å². The average molecular weight is 432 g/mol. The predicted molar refractivity (Wildman–Crippen MR) is 81.6 cm³/mol. The second kappa shape index (κ2) is 7.38. The Hall–Kier alpha value is -1.68. The fourth-order valence-electron chi connectivity index (χ4n) is 2.13. The molecule has 16 heteroatoms. The molecule has 1 aromatic rings. The molecule has 12 nitrogen and oxygen atoms in total. The molecule has 4 atom stereocenters. The molecule has 0 aliphatic carbocycles. The van der Waals surface area contributed by atoms with E-state index >= 15 is 0 Å². The zero-order valence-electron chi connectivity index (χ0n) is 13.0. The van der Waals surface area contributed by atoms with Gasteiger partial charge in [-0.2, -0.15) is 4.31 Å². The Morgan fingerprint density at radius 3 is 2.63 bits per heavy atom. The molecular weight excluding hydrogens is 420 g/mol. The summed E-state index contributed by atoms with van der Waals surface area (Å²) < 4.78 is 63.2. The Labute approximate surface area is 148 Å². The normalized spacial score (nSPS) is 27.9. The lowest BCUT2D eigenvalue weighted by atomic mass is 10.2. The molecule has 1 aliphatic heterocycles. The number of nitrogens with zero attached hydrogens (tertiary/aromatic N) is 1. The summed E-state index contributed by atoms with van der Waals surface area (Å²) in [5, 5.41) is 0. The summed E-state index contributed by atoms with van der Waals surface area (Å²) in [5.41, 5.74) is -2.31. The van der Waals surface area contributed by atoms with Gasteiger partial charge in [0.2, 0.25) is 0 Å². The van der Waals surface area contributed by atoms with Crippen molar-refractivity contribution in [2.45, 2.75) is 24.7 Å². The predicted octanol–water partition coefficient (Wildman–Crippen LogP) is -0.333. The molecule has 1 fully saturated rings. The van der Waals surface area contributed by atoms with E-state index in [2.05, 4.69) is 8.83 Å². The maximum absolute atomic E-state index is 14.6. The Morgan fingerprint density at radius 2 is 2.07 bits per heavy atom. The maximum atomic E-state index is 14.6. The molecule has 0 radical (unpaired) electrons. The molecule has 1 saturated heterocycles. The number of rotatable bonds is 6. The van der Waals surface area contributed by atoms with Gasteiger partial charge in [-0.1, -0.05) is 5.92 Å². The summed E-state index contributed by atoms with van der Waals surface area (Å²) in [6.45, 7) is -1.60. The second-order valence-electron chi connectivity index (χ2n) is 5.23. The van der Waals surface area contributed by atoms with Crippen molar-refractivity contribution in [1.82, 2.24) is 9.55 Å². The van der Waals surface area contributed by atoms with Crippen LogP contribution in [-0.2, 0) is 22.7 Å². The number of alkyl halides is 2. The molecule has 27 heavy (non-hydrogen) atoms. The number of H-pyrrole nitrogens is 1. The van der Waals surface area contributed by atoms with Gasteiger partial charge in [-0.05, 0) is 0 Å². The summed E-state index contributed by atoms with van der Waals surface area (Å²) in [4.78, 5) is 51.0. The third-order valence-electron chi connectivity index (χ3n) is 3.28. The highest BCUT2D eigenvalue weighted by Crippen LogP contribution is 2.58. The number of phosphoric ester groups is 1. The number of terminal acetylenes is 1. The molecule has 1 aromatic heterocycles. The van der Waals surface area contributed by atoms with Crippen molar-refractivity contribution in [2.24, 2.45) is 0 Å². The number of aromatic amines is 1. The number of nitrogens with one attached hydrogen (secondary N) is 1. The van der Waals surface area contributed by atoms with Crippen LogP contribution in [0.1, 0.15) is 18.2 Å². The highest BCUT2D eigenvalue weighted by molar-refractivity contribution is 7.60. The fourth-order valence-corrected chi connectivity index (χ4v) is 3.73. The molecule has 0 aromatic carbocycles. The van der Waals surface area contributed by atoms with Crippen molar-refractivity contribution in [3.8, 4) is 12.3 Å². The van der Waals surface area contributed by atoms with Crippen LogP contribution < -0.4 is 11.2 Å². The Kier molecular flexibility index (Phi) is 5.91. The van der Waals surface area contributed by atoms with Gasteiger partial charge < -0.3 is 19.4 Å². The van der Waals surface area contributed by atoms with Crippen LogP contribution in [-0.4, -0.2) is 42.9 Å². The molecule has 1 unspecified atom stereocenters. The first-order valence-corrected chi connectivity index (χ1v) is 9.86. The van der Waals surface area contributed by atoms with Gasteiger partial charge in [0.25, 0.3) is 11.4 Å². The van der Waals surface area contributed by atoms with Gasteiger partial charge in [-0.25, -0.2) is 22.7 Å². The zero-order valence-corrected chi connectivity index (χ0v) is 14.8. The number of hydrogen-bond donors (Lipinski definition) is 4. The smallest absolute Gasteiger partial charge is 0.317 e. The molecule has 0 spiro atoms. The third kappa shape index (κ3) is 5.19. The highest BCUT2D eigenvalue weighted by Gasteiger charge is 2.53. The molecule has 150 valence electrons. The minimum Gasteiger partial charge on any atom is -0.317 e. The number of aromatic nitrogens is 2. The van der Waals surface area contributed by atoms with Crippen LogP contribution in [0, 0.1) is 12.3 Å². The van der Waals surface area contributed by atoms with E-state index in [4.69, 9.17) is 25.8 Å². The lowest BCUT2D eigenvalue weighted by Crippen LogP contribution is -2.38. The van der Waals surface area contributed by atoms with Crippen LogP contribution in [0.15, 0.2) is 15.8 Å². The highest BCUT2D eigenvalue weighted by atomic mass is 31.3. The van der Waals surface area contributed by atoms with Gasteiger partial charge in [0.05, 0.1) is 0 Å². The molecule has 0 amide bonds. The molecule has 2 rings (SSSR count). The average Bonchev–Trinajstić information content (AvgIpc) is 2.79. The minimum atomic E-state index is -5.46. The van der Waals surface area contributed by atoms with Crippen LogP contribution in [0.2, 0.25) is 0 Å². The number of halogens is 2. The van der Waals surface area contributed by atoms with E-state index in [1.807, 2.05) is 10.9 Å². The summed E-state index contributed by atoms with van der Waals surface area (Å²) in [6, 6.07) is 0. The lowest BCUT2D eigenvalue weighted by Gasteiger charge is -2.23. The van der Waals surface area contributed by atoms with Crippen LogP contribution in [0.5, 0.6) is 0 Å². The molecule has 1 aliphatic rings. The quantitative estimate of drug-likeness (QED) is 0.344. The fraction of sp³-hybridized carbons (Fsp3) is 0.455. The Balaban J connectivity index is 2.20. The number of phosphoric acid groups is 2. The third-order valence-corrected chi connectivity index (χ3v) is 5.41. The topological polar surface area (TPSA) is 177 Å². The van der Waals surface area contributed by atoms with Crippen molar-refractivity contribution in [1.29, 1.82) is 0 Å². The number of hydrogen-bond acceptors (Lipinski definition) is 7. The summed E-state index contributed by atoms with van der Waals surface area (Å²) >= 11 is 0. The molecular formula is C11H12F2N2O10P2. The largest absolute Gasteiger partial charge is 0.481 e. The number of ether oxygens (including phenoxy) is 1. The lowest BCUT2D eigenvalue weighted by molar-refractivity contribution is -0.193. The van der Waals surface area contributed by atoms with Gasteiger partial charge in [-0.15, -0.1) is 6.42 Å². The zero-order chi connectivity index (χ0) is 20.6. The van der Waals surface area contributed by atoms with E-state index in [0.717, 1.165) is 6.20 Å². The van der Waals surface area contributed by atoms with E-state index in [-0.39, 0.29) is 5.56 Å². The van der Waals surface area contributed by atoms with Crippen LogP contribution in [0.25, 0.3) is 0 Å². The van der Waals surface area contributed by atoms with Crippen LogP contribution in [0.4, 0.5) is 8.78 Å². The first kappa shape index (κ1) is 21.6. The standard InChI is InChI=1S/C11H12F2N2O10P2/c1-2-6-4-15(10(17)14-9(6)16)8-3-7(12)11(13,24-8)5-23-27(21,22)25-26(18,19)20/h1,4,7-8H,3,5H2,(H,21,22)(H,14,16,17)(H2,18,19,20)/t7-,8+,11+/m0/s1. The maximum Gasteiger partial charge on any atom is 0.481 e. The van der Waals surface area contributed by atoms with Gasteiger partial charge in [0, 0.05) is 12.6 Å². The Morgan fingerprint density at radius 1 is 1.44 bits per heavy atom. The molecule has 0 bridgehead atoms. The first-order chi connectivity index (χ1) is 12.3. The Bertz CT molecular complexity index is 981. The van der Waals surface area contributed by atoms with Crippen LogP contribution >= 0.6 is 15.6 Å². The van der Waals surface area contributed by atoms with E-state index in [1.165, 1.54) is 0 Å². The van der Waals surface area contributed by atoms with E-state index in [9.17, 15) is 27.5 Å². The molecule has 2 heterocycles. The van der Waals surface area contributed by atoms with Crippen LogP contribution in [0.3, 0.4) is 0 Å². The van der Waals surface area contributed by atoms with Crippen molar-refractivity contribution in [3.05, 3.63) is 32.6 Å². The summed E-state index contributed by atoms with van der Waals surface area (Å²) in [6.07, 6.45) is 1.04. The van der Waals surface area contributed by atoms with E-state index in [1.54, 1.807) is 0 Å². The van der Waals surface area contributed by atoms with Crippen molar-refractivity contribution >= 4 is 15.6 Å². The monoisotopic (exact) mass is 432 g/mol. The van der Waals surface area contributed by atoms with Gasteiger partial charge in [-0.3, -0.25) is 18.9 Å². The van der Waals surface area contributed by atoms with Crippen molar-refractivity contribution < 1.29 is 46.2 Å². The SMILES string of the molecule is C#Cc1cn([C@H]2C[C@H](F)[C@@](F)(COP(=O)(O)OP(=O)(O)O)O2)c(=O)[nH]c1=O. The molecule has 0 saturated carbocycles. The van der Waals surface area contributed by atoms with Gasteiger partial charge in [0.15, 0.2) is 6.17 Å².